The molecule has 1 aromatic carbocycles. The van der Waals surface area contributed by atoms with Crippen LogP contribution in [0.5, 0.6) is 0 Å². The Bertz CT molecular complexity index is 694. The van der Waals surface area contributed by atoms with Gasteiger partial charge >= 0.3 is 0 Å². The maximum absolute atomic E-state index is 12.5. The number of nitrogens with zero attached hydrogens (tertiary/aromatic N) is 3. The van der Waals surface area contributed by atoms with Gasteiger partial charge in [-0.2, -0.15) is 4.31 Å². The van der Waals surface area contributed by atoms with Crippen molar-refractivity contribution in [3.05, 3.63) is 28.3 Å². The summed E-state index contributed by atoms with van der Waals surface area (Å²) in [7, 11) is -2.16. The van der Waals surface area contributed by atoms with Crippen LogP contribution >= 0.6 is 0 Å². The minimum absolute atomic E-state index is 0.113. The number of likely N-dealkylation sites (N-methyl/N-ethyl adjacent to an activating group) is 1. The Morgan fingerprint density at radius 3 is 2.21 bits per heavy atom. The van der Waals surface area contributed by atoms with E-state index in [0.717, 1.165) is 6.07 Å². The zero-order valence-corrected chi connectivity index (χ0v) is 15.5. The van der Waals surface area contributed by atoms with E-state index in [0.29, 0.717) is 0 Å². The predicted molar refractivity (Wildman–Crippen MR) is 92.8 cm³/mol. The van der Waals surface area contributed by atoms with Crippen LogP contribution in [0.3, 0.4) is 0 Å². The Labute approximate surface area is 142 Å². The van der Waals surface area contributed by atoms with E-state index in [1.165, 1.54) is 21.3 Å². The van der Waals surface area contributed by atoms with Gasteiger partial charge in [-0.25, -0.2) is 8.42 Å². The normalized spacial score (nSPS) is 12.5. The minimum Gasteiger partial charge on any atom is -0.389 e. The number of hydrogen-bond donors (Lipinski definition) is 1. The van der Waals surface area contributed by atoms with Gasteiger partial charge in [-0.1, -0.05) is 13.8 Å². The molecule has 0 atom stereocenters. The summed E-state index contributed by atoms with van der Waals surface area (Å²) in [4.78, 5) is 12.2. The smallest absolute Gasteiger partial charge is 0.293 e. The molecule has 0 aliphatic carbocycles. The molecule has 24 heavy (non-hydrogen) atoms. The highest BCUT2D eigenvalue weighted by Crippen LogP contribution is 2.31. The van der Waals surface area contributed by atoms with Crippen LogP contribution in [0, 0.1) is 10.1 Å². The summed E-state index contributed by atoms with van der Waals surface area (Å²) in [6.45, 7) is 7.33. The summed E-state index contributed by atoms with van der Waals surface area (Å²) in [5.41, 5.74) is -1.11. The van der Waals surface area contributed by atoms with E-state index in [2.05, 4.69) is 0 Å². The first-order valence-corrected chi connectivity index (χ1v) is 9.10. The van der Waals surface area contributed by atoms with Crippen molar-refractivity contribution in [2.45, 2.75) is 38.2 Å². The van der Waals surface area contributed by atoms with Crippen LogP contribution in [0.25, 0.3) is 0 Å². The van der Waals surface area contributed by atoms with Gasteiger partial charge in [-0.3, -0.25) is 10.1 Å². The monoisotopic (exact) mass is 359 g/mol. The summed E-state index contributed by atoms with van der Waals surface area (Å²) in [6, 6.07) is 3.83. The molecule has 0 bridgehead atoms. The molecule has 1 aromatic rings. The van der Waals surface area contributed by atoms with Crippen molar-refractivity contribution in [1.82, 2.24) is 4.31 Å². The van der Waals surface area contributed by atoms with Crippen molar-refractivity contribution in [3.63, 3.8) is 0 Å². The molecule has 0 heterocycles. The Morgan fingerprint density at radius 2 is 1.79 bits per heavy atom. The van der Waals surface area contributed by atoms with Crippen molar-refractivity contribution < 1.29 is 18.4 Å². The van der Waals surface area contributed by atoms with Crippen LogP contribution in [0.1, 0.15) is 27.7 Å². The highest BCUT2D eigenvalue weighted by molar-refractivity contribution is 7.89. The maximum atomic E-state index is 12.5. The van der Waals surface area contributed by atoms with Crippen LogP contribution in [0.4, 0.5) is 11.4 Å². The number of nitro benzene ring substituents is 1. The van der Waals surface area contributed by atoms with Crippen LogP contribution < -0.4 is 4.90 Å². The summed E-state index contributed by atoms with van der Waals surface area (Å²) in [5.74, 6) is 0. The molecule has 0 amide bonds. The molecular formula is C15H25N3O5S. The lowest BCUT2D eigenvalue weighted by Crippen LogP contribution is -2.36. The number of hydrogen-bond acceptors (Lipinski definition) is 6. The molecule has 0 aromatic heterocycles. The summed E-state index contributed by atoms with van der Waals surface area (Å²) >= 11 is 0. The summed E-state index contributed by atoms with van der Waals surface area (Å²) in [6.07, 6.45) is 0. The fourth-order valence-electron chi connectivity index (χ4n) is 2.51. The molecule has 0 saturated heterocycles. The zero-order chi connectivity index (χ0) is 18.7. The Kier molecular flexibility index (Phi) is 6.32. The van der Waals surface area contributed by atoms with E-state index in [1.54, 1.807) is 34.7 Å². The van der Waals surface area contributed by atoms with Gasteiger partial charge < -0.3 is 10.0 Å². The summed E-state index contributed by atoms with van der Waals surface area (Å²) < 4.78 is 26.3. The SMILES string of the molecule is CCN(CC)S(=O)(=O)c1ccc(N(C)CC(C)(C)O)c([N+](=O)[O-])c1. The third-order valence-electron chi connectivity index (χ3n) is 3.52. The molecule has 0 aliphatic heterocycles. The average molecular weight is 359 g/mol. The molecule has 136 valence electrons. The van der Waals surface area contributed by atoms with Gasteiger partial charge in [0.15, 0.2) is 0 Å². The van der Waals surface area contributed by atoms with E-state index in [-0.39, 0.29) is 35.9 Å². The largest absolute Gasteiger partial charge is 0.389 e. The first-order valence-electron chi connectivity index (χ1n) is 7.66. The standard InChI is InChI=1S/C15H25N3O5S/c1-6-17(7-2)24(22,23)12-8-9-13(14(10-12)18(20)21)16(5)11-15(3,4)19/h8-10,19H,6-7,11H2,1-5H3. The number of benzene rings is 1. The van der Waals surface area contributed by atoms with Crippen molar-refractivity contribution in [2.75, 3.05) is 31.6 Å². The summed E-state index contributed by atoms with van der Waals surface area (Å²) in [5, 5.41) is 21.3. The van der Waals surface area contributed by atoms with Crippen LogP contribution in [-0.2, 0) is 10.0 Å². The molecule has 9 heteroatoms. The molecule has 0 unspecified atom stereocenters. The lowest BCUT2D eigenvalue weighted by atomic mass is 10.1. The van der Waals surface area contributed by atoms with Gasteiger partial charge in [0.25, 0.3) is 5.69 Å². The molecule has 0 radical (unpaired) electrons. The first-order chi connectivity index (χ1) is 10.9. The lowest BCUT2D eigenvalue weighted by Gasteiger charge is -2.27. The van der Waals surface area contributed by atoms with Gasteiger partial charge in [-0.05, 0) is 26.0 Å². The average Bonchev–Trinajstić information content (AvgIpc) is 2.45. The molecule has 0 fully saturated rings. The van der Waals surface area contributed by atoms with Crippen molar-refractivity contribution in [1.29, 1.82) is 0 Å². The number of nitro groups is 1. The predicted octanol–water partition coefficient (Wildman–Crippen LogP) is 1.83. The van der Waals surface area contributed by atoms with Crippen LogP contribution in [-0.4, -0.2) is 55.0 Å². The zero-order valence-electron chi connectivity index (χ0n) is 14.7. The van der Waals surface area contributed by atoms with Crippen LogP contribution in [0.15, 0.2) is 23.1 Å². The van der Waals surface area contributed by atoms with Crippen molar-refractivity contribution in [3.8, 4) is 0 Å². The fraction of sp³-hybridized carbons (Fsp3) is 0.600. The highest BCUT2D eigenvalue weighted by Gasteiger charge is 2.28. The maximum Gasteiger partial charge on any atom is 0.293 e. The van der Waals surface area contributed by atoms with Gasteiger partial charge in [-0.15, -0.1) is 0 Å². The van der Waals surface area contributed by atoms with Gasteiger partial charge in [0, 0.05) is 32.7 Å². The Morgan fingerprint density at radius 1 is 1.25 bits per heavy atom. The Balaban J connectivity index is 3.38. The second-order valence-electron chi connectivity index (χ2n) is 6.17. The topological polar surface area (TPSA) is 104 Å². The van der Waals surface area contributed by atoms with E-state index in [1.807, 2.05) is 0 Å². The number of sulfonamides is 1. The molecular weight excluding hydrogens is 334 g/mol. The number of rotatable bonds is 8. The lowest BCUT2D eigenvalue weighted by molar-refractivity contribution is -0.384. The molecule has 0 spiro atoms. The van der Waals surface area contributed by atoms with Crippen molar-refractivity contribution >= 4 is 21.4 Å². The quantitative estimate of drug-likeness (QED) is 0.561. The van der Waals surface area contributed by atoms with E-state index in [9.17, 15) is 23.6 Å². The Hall–Kier alpha value is -1.71. The molecule has 0 aliphatic rings. The van der Waals surface area contributed by atoms with Gasteiger partial charge in [0.1, 0.15) is 5.69 Å². The van der Waals surface area contributed by atoms with Crippen LogP contribution in [0.2, 0.25) is 0 Å². The van der Waals surface area contributed by atoms with Crippen molar-refractivity contribution in [2.24, 2.45) is 0 Å². The third kappa shape index (κ3) is 4.65. The third-order valence-corrected chi connectivity index (χ3v) is 5.57. The minimum atomic E-state index is -3.77. The molecule has 1 rings (SSSR count). The van der Waals surface area contributed by atoms with Gasteiger partial charge in [0.05, 0.1) is 15.4 Å². The molecule has 0 saturated carbocycles. The van der Waals surface area contributed by atoms with E-state index in [4.69, 9.17) is 0 Å². The number of anilines is 1. The van der Waals surface area contributed by atoms with Gasteiger partial charge in [0.2, 0.25) is 10.0 Å². The van der Waals surface area contributed by atoms with E-state index < -0.39 is 20.5 Å². The van der Waals surface area contributed by atoms with E-state index >= 15 is 0 Å². The second kappa shape index (κ2) is 7.45. The highest BCUT2D eigenvalue weighted by atomic mass is 32.2. The molecule has 1 N–H and O–H groups in total. The first kappa shape index (κ1) is 20.3. The molecule has 8 nitrogen and oxygen atoms in total. The number of aliphatic hydroxyl groups is 1. The second-order valence-corrected chi connectivity index (χ2v) is 8.10. The fourth-order valence-corrected chi connectivity index (χ4v) is 3.99.